The lowest BCUT2D eigenvalue weighted by Gasteiger charge is -2.28. The van der Waals surface area contributed by atoms with Crippen molar-refractivity contribution in [2.75, 3.05) is 6.54 Å². The molecule has 1 aromatic carbocycles. The molecule has 0 bridgehead atoms. The number of aromatic nitrogens is 1. The Morgan fingerprint density at radius 3 is 2.62 bits per heavy atom. The summed E-state index contributed by atoms with van der Waals surface area (Å²) >= 11 is 5.83. The predicted octanol–water partition coefficient (Wildman–Crippen LogP) is 2.45. The molecule has 156 valence electrons. The van der Waals surface area contributed by atoms with E-state index in [0.29, 0.717) is 22.2 Å². The number of amides is 2. The Labute approximate surface area is 173 Å². The van der Waals surface area contributed by atoms with Gasteiger partial charge in [-0.1, -0.05) is 30.6 Å². The molecule has 1 saturated heterocycles. The minimum Gasteiger partial charge on any atom is -0.391 e. The standard InChI is InChI=1S/C20H24ClN3O5/c1-11(2)18(17-8-12(3)22-29-17)20(27)24-10-14(25)9-16(24)19(26)23-28-15-6-4-13(21)5-7-15/h4-8,11,14,16,18,25H,9-10H2,1-3H3,(H,23,26)/t14-,16+,18-/m1/s1. The number of nitrogens with zero attached hydrogens (tertiary/aromatic N) is 2. The smallest absolute Gasteiger partial charge is 0.275 e. The Morgan fingerprint density at radius 2 is 2.03 bits per heavy atom. The summed E-state index contributed by atoms with van der Waals surface area (Å²) in [6.45, 7) is 5.63. The molecule has 1 fully saturated rings. The van der Waals surface area contributed by atoms with Crippen molar-refractivity contribution in [3.8, 4) is 5.75 Å². The van der Waals surface area contributed by atoms with Crippen LogP contribution in [0, 0.1) is 12.8 Å². The number of aryl methyl sites for hydroxylation is 1. The van der Waals surface area contributed by atoms with Crippen molar-refractivity contribution in [2.45, 2.75) is 45.3 Å². The number of nitrogens with one attached hydrogen (secondary N) is 1. The van der Waals surface area contributed by atoms with Crippen molar-refractivity contribution in [1.82, 2.24) is 15.5 Å². The van der Waals surface area contributed by atoms with Crippen molar-refractivity contribution in [2.24, 2.45) is 5.92 Å². The van der Waals surface area contributed by atoms with Gasteiger partial charge in [0.05, 0.1) is 11.8 Å². The first-order valence-corrected chi connectivity index (χ1v) is 9.78. The normalized spacial score (nSPS) is 20.0. The minimum atomic E-state index is -0.852. The summed E-state index contributed by atoms with van der Waals surface area (Å²) in [7, 11) is 0. The number of aliphatic hydroxyl groups is 1. The van der Waals surface area contributed by atoms with Gasteiger partial charge in [-0.25, -0.2) is 0 Å². The van der Waals surface area contributed by atoms with Crippen LogP contribution in [-0.2, 0) is 9.59 Å². The molecule has 2 heterocycles. The first-order valence-electron chi connectivity index (χ1n) is 9.40. The summed E-state index contributed by atoms with van der Waals surface area (Å²) in [5, 5.41) is 14.5. The molecule has 0 radical (unpaired) electrons. The summed E-state index contributed by atoms with van der Waals surface area (Å²) in [5.41, 5.74) is 3.03. The molecule has 1 aliphatic heterocycles. The minimum absolute atomic E-state index is 0.0637. The second-order valence-corrected chi connectivity index (χ2v) is 7.95. The van der Waals surface area contributed by atoms with Gasteiger partial charge in [0.25, 0.3) is 5.91 Å². The molecule has 3 atom stereocenters. The zero-order valence-corrected chi connectivity index (χ0v) is 17.2. The number of hydrogen-bond donors (Lipinski definition) is 2. The van der Waals surface area contributed by atoms with Crippen LogP contribution in [0.5, 0.6) is 5.75 Å². The molecule has 3 rings (SSSR count). The third-order valence-corrected chi connectivity index (χ3v) is 5.09. The maximum atomic E-state index is 13.3. The van der Waals surface area contributed by atoms with Crippen LogP contribution in [0.2, 0.25) is 5.02 Å². The highest BCUT2D eigenvalue weighted by molar-refractivity contribution is 6.30. The highest BCUT2D eigenvalue weighted by Crippen LogP contribution is 2.31. The van der Waals surface area contributed by atoms with Crippen molar-refractivity contribution in [3.63, 3.8) is 0 Å². The predicted molar refractivity (Wildman–Crippen MR) is 105 cm³/mol. The van der Waals surface area contributed by atoms with Crippen LogP contribution < -0.4 is 10.3 Å². The number of likely N-dealkylation sites (tertiary alicyclic amines) is 1. The van der Waals surface area contributed by atoms with E-state index in [1.807, 2.05) is 13.8 Å². The van der Waals surface area contributed by atoms with E-state index in [1.165, 1.54) is 4.90 Å². The Kier molecular flexibility index (Phi) is 6.44. The average molecular weight is 422 g/mol. The van der Waals surface area contributed by atoms with Crippen LogP contribution in [0.4, 0.5) is 0 Å². The van der Waals surface area contributed by atoms with E-state index in [2.05, 4.69) is 10.6 Å². The van der Waals surface area contributed by atoms with E-state index >= 15 is 0 Å². The number of carbonyl (C=O) groups excluding carboxylic acids is 2. The van der Waals surface area contributed by atoms with E-state index in [0.717, 1.165) is 0 Å². The van der Waals surface area contributed by atoms with Crippen LogP contribution >= 0.6 is 11.6 Å². The van der Waals surface area contributed by atoms with Gasteiger partial charge in [-0.3, -0.25) is 9.59 Å². The Morgan fingerprint density at radius 1 is 1.34 bits per heavy atom. The molecular weight excluding hydrogens is 398 g/mol. The number of aliphatic hydroxyl groups excluding tert-OH is 1. The maximum Gasteiger partial charge on any atom is 0.275 e. The van der Waals surface area contributed by atoms with Gasteiger partial charge in [-0.2, -0.15) is 5.48 Å². The fourth-order valence-corrected chi connectivity index (χ4v) is 3.56. The Bertz CT molecular complexity index is 867. The third kappa shape index (κ3) is 4.89. The Balaban J connectivity index is 1.73. The van der Waals surface area contributed by atoms with Crippen LogP contribution in [0.3, 0.4) is 0 Å². The molecule has 9 heteroatoms. The summed E-state index contributed by atoms with van der Waals surface area (Å²) in [6, 6.07) is 7.34. The molecule has 0 aliphatic carbocycles. The van der Waals surface area contributed by atoms with E-state index in [9.17, 15) is 14.7 Å². The molecular formula is C20H24ClN3O5. The van der Waals surface area contributed by atoms with Gasteiger partial charge >= 0.3 is 0 Å². The lowest BCUT2D eigenvalue weighted by molar-refractivity contribution is -0.143. The van der Waals surface area contributed by atoms with Gasteiger partial charge in [-0.15, -0.1) is 0 Å². The van der Waals surface area contributed by atoms with Crippen molar-refractivity contribution in [3.05, 3.63) is 46.8 Å². The molecule has 0 spiro atoms. The van der Waals surface area contributed by atoms with Crippen molar-refractivity contribution < 1.29 is 24.1 Å². The van der Waals surface area contributed by atoms with Gasteiger partial charge in [0.15, 0.2) is 5.75 Å². The zero-order valence-electron chi connectivity index (χ0n) is 16.5. The van der Waals surface area contributed by atoms with E-state index in [1.54, 1.807) is 37.3 Å². The number of hydrogen-bond acceptors (Lipinski definition) is 6. The number of hydroxylamine groups is 1. The lowest BCUT2D eigenvalue weighted by atomic mass is 9.91. The van der Waals surface area contributed by atoms with Crippen molar-refractivity contribution >= 4 is 23.4 Å². The number of halogens is 1. The van der Waals surface area contributed by atoms with E-state index in [4.69, 9.17) is 21.0 Å². The van der Waals surface area contributed by atoms with Crippen LogP contribution in [0.1, 0.15) is 37.6 Å². The molecule has 2 N–H and O–H groups in total. The Hall–Kier alpha value is -2.58. The molecule has 1 aromatic heterocycles. The maximum absolute atomic E-state index is 13.3. The monoisotopic (exact) mass is 421 g/mol. The van der Waals surface area contributed by atoms with Crippen LogP contribution in [0.25, 0.3) is 0 Å². The van der Waals surface area contributed by atoms with E-state index in [-0.39, 0.29) is 24.8 Å². The molecule has 2 amide bonds. The van der Waals surface area contributed by atoms with Gasteiger partial charge in [-0.05, 0) is 37.1 Å². The number of carbonyl (C=O) groups is 2. The molecule has 29 heavy (non-hydrogen) atoms. The number of rotatable bonds is 6. The highest BCUT2D eigenvalue weighted by atomic mass is 35.5. The first kappa shape index (κ1) is 21.1. The number of benzene rings is 1. The fraction of sp³-hybridized carbons (Fsp3) is 0.450. The SMILES string of the molecule is Cc1cc([C@H](C(=O)N2C[C@H](O)C[C@H]2C(=O)NOc2ccc(Cl)cc2)C(C)C)on1. The second-order valence-electron chi connectivity index (χ2n) is 7.51. The molecule has 2 aromatic rings. The van der Waals surface area contributed by atoms with Crippen molar-refractivity contribution in [1.29, 1.82) is 0 Å². The second kappa shape index (κ2) is 8.84. The molecule has 8 nitrogen and oxygen atoms in total. The third-order valence-electron chi connectivity index (χ3n) is 4.83. The topological polar surface area (TPSA) is 105 Å². The summed E-state index contributed by atoms with van der Waals surface area (Å²) in [5.74, 6) is -0.645. The molecule has 0 saturated carbocycles. The fourth-order valence-electron chi connectivity index (χ4n) is 3.43. The van der Waals surface area contributed by atoms with Gasteiger partial charge in [0.1, 0.15) is 17.7 Å². The summed E-state index contributed by atoms with van der Waals surface area (Å²) < 4.78 is 5.31. The number of β-amino-alcohol motifs (C(OH)–C–C–N with tert-alkyl or cyclic N) is 1. The van der Waals surface area contributed by atoms with Crippen LogP contribution in [0.15, 0.2) is 34.9 Å². The molecule has 0 unspecified atom stereocenters. The highest BCUT2D eigenvalue weighted by Gasteiger charge is 2.43. The first-order chi connectivity index (χ1) is 13.8. The molecule has 1 aliphatic rings. The van der Waals surface area contributed by atoms with Gasteiger partial charge < -0.3 is 19.4 Å². The van der Waals surface area contributed by atoms with Crippen LogP contribution in [-0.4, -0.2) is 45.7 Å². The lowest BCUT2D eigenvalue weighted by Crippen LogP contribution is -2.48. The summed E-state index contributed by atoms with van der Waals surface area (Å²) in [6.07, 6.45) is -0.670. The quantitative estimate of drug-likeness (QED) is 0.694. The average Bonchev–Trinajstić information content (AvgIpc) is 3.26. The van der Waals surface area contributed by atoms with Gasteiger partial charge in [0, 0.05) is 24.1 Å². The zero-order chi connectivity index (χ0) is 21.1. The largest absolute Gasteiger partial charge is 0.391 e. The van der Waals surface area contributed by atoms with Gasteiger partial charge in [0.2, 0.25) is 5.91 Å². The van der Waals surface area contributed by atoms with E-state index < -0.39 is 24.0 Å². The summed E-state index contributed by atoms with van der Waals surface area (Å²) in [4.78, 5) is 32.6.